The third kappa shape index (κ3) is 5.92. The number of nitrogens with one attached hydrogen (secondary N) is 1. The third-order valence-corrected chi connectivity index (χ3v) is 2.82. The van der Waals surface area contributed by atoms with Gasteiger partial charge in [0.2, 0.25) is 0 Å². The van der Waals surface area contributed by atoms with Crippen LogP contribution in [-0.2, 0) is 4.74 Å². The monoisotopic (exact) mass is 287 g/mol. The van der Waals surface area contributed by atoms with Crippen LogP contribution < -0.4 is 11.3 Å². The summed E-state index contributed by atoms with van der Waals surface area (Å²) in [6.45, 7) is 7.28. The second-order valence-corrected chi connectivity index (χ2v) is 3.88. The van der Waals surface area contributed by atoms with Crippen molar-refractivity contribution in [1.82, 2.24) is 4.90 Å². The fraction of sp³-hybridized carbons (Fsp3) is 0.462. The lowest BCUT2D eigenvalue weighted by molar-refractivity contribution is 0.0466. The van der Waals surface area contributed by atoms with Gasteiger partial charge in [-0.3, -0.25) is 5.84 Å². The number of nitrogens with zero attached hydrogens (tertiary/aromatic N) is 1. The zero-order chi connectivity index (χ0) is 13.4. The second-order valence-electron chi connectivity index (χ2n) is 3.88. The Balaban J connectivity index is 0.00000324. The average molecular weight is 288 g/mol. The Morgan fingerprint density at radius 1 is 1.26 bits per heavy atom. The highest BCUT2D eigenvalue weighted by Crippen LogP contribution is 2.09. The molecule has 0 aliphatic carbocycles. The van der Waals surface area contributed by atoms with Crippen LogP contribution in [0.15, 0.2) is 24.3 Å². The molecule has 108 valence electrons. The summed E-state index contributed by atoms with van der Waals surface area (Å²) >= 11 is 0. The van der Waals surface area contributed by atoms with Crippen molar-refractivity contribution >= 4 is 24.1 Å². The van der Waals surface area contributed by atoms with Gasteiger partial charge >= 0.3 is 5.97 Å². The van der Waals surface area contributed by atoms with E-state index in [4.69, 9.17) is 10.6 Å². The molecule has 0 heterocycles. The van der Waals surface area contributed by atoms with Gasteiger partial charge in [0.15, 0.2) is 0 Å². The van der Waals surface area contributed by atoms with Crippen molar-refractivity contribution in [3.8, 4) is 0 Å². The standard InChI is InChI=1S/C13H21N3O2.ClH/c1-3-16(4-2)9-10-18-13(17)11-5-7-12(15-14)8-6-11;/h5-8,15H,3-4,9-10,14H2,1-2H3;1H. The Hall–Kier alpha value is -1.30. The van der Waals surface area contributed by atoms with Gasteiger partial charge in [0.1, 0.15) is 6.61 Å². The van der Waals surface area contributed by atoms with Crippen LogP contribution >= 0.6 is 12.4 Å². The van der Waals surface area contributed by atoms with Crippen LogP contribution in [0.4, 0.5) is 5.69 Å². The number of hydrogen-bond donors (Lipinski definition) is 2. The van der Waals surface area contributed by atoms with Gasteiger partial charge in [0.05, 0.1) is 5.56 Å². The number of carbonyl (C=O) groups excluding carboxylic acids is 1. The summed E-state index contributed by atoms with van der Waals surface area (Å²) in [5.41, 5.74) is 3.80. The molecule has 19 heavy (non-hydrogen) atoms. The maximum Gasteiger partial charge on any atom is 0.338 e. The number of anilines is 1. The number of likely N-dealkylation sites (N-methyl/N-ethyl adjacent to an activating group) is 1. The molecule has 0 aromatic heterocycles. The van der Waals surface area contributed by atoms with E-state index in [0.29, 0.717) is 12.2 Å². The van der Waals surface area contributed by atoms with Gasteiger partial charge in [-0.05, 0) is 37.4 Å². The summed E-state index contributed by atoms with van der Waals surface area (Å²) in [6, 6.07) is 6.85. The fourth-order valence-corrected chi connectivity index (χ4v) is 1.59. The fourth-order valence-electron chi connectivity index (χ4n) is 1.59. The SMILES string of the molecule is CCN(CC)CCOC(=O)c1ccc(NN)cc1.Cl. The number of halogens is 1. The molecule has 0 aliphatic rings. The quantitative estimate of drug-likeness (QED) is 0.455. The molecular weight excluding hydrogens is 266 g/mol. The molecule has 5 nitrogen and oxygen atoms in total. The number of rotatable bonds is 7. The van der Waals surface area contributed by atoms with Crippen molar-refractivity contribution in [3.63, 3.8) is 0 Å². The Morgan fingerprint density at radius 3 is 2.32 bits per heavy atom. The normalized spacial score (nSPS) is 9.89. The van der Waals surface area contributed by atoms with Crippen molar-refractivity contribution in [2.75, 3.05) is 31.7 Å². The van der Waals surface area contributed by atoms with E-state index in [-0.39, 0.29) is 18.4 Å². The first kappa shape index (κ1) is 17.7. The maximum atomic E-state index is 11.7. The minimum absolute atomic E-state index is 0. The molecule has 0 amide bonds. The zero-order valence-electron chi connectivity index (χ0n) is 11.4. The van der Waals surface area contributed by atoms with Gasteiger partial charge in [-0.15, -0.1) is 12.4 Å². The Kier molecular flexibility index (Phi) is 8.95. The number of hydrogen-bond acceptors (Lipinski definition) is 5. The summed E-state index contributed by atoms with van der Waals surface area (Å²) < 4.78 is 5.20. The van der Waals surface area contributed by atoms with E-state index in [1.54, 1.807) is 24.3 Å². The average Bonchev–Trinajstić information content (AvgIpc) is 2.43. The van der Waals surface area contributed by atoms with E-state index in [1.807, 2.05) is 0 Å². The van der Waals surface area contributed by atoms with E-state index in [2.05, 4.69) is 24.2 Å². The third-order valence-electron chi connectivity index (χ3n) is 2.82. The lowest BCUT2D eigenvalue weighted by Gasteiger charge is -2.17. The number of hydrazine groups is 1. The van der Waals surface area contributed by atoms with Crippen LogP contribution in [0.2, 0.25) is 0 Å². The number of nitrogen functional groups attached to an aromatic ring is 1. The van der Waals surface area contributed by atoms with Crippen molar-refractivity contribution in [1.29, 1.82) is 0 Å². The number of carbonyl (C=O) groups is 1. The van der Waals surface area contributed by atoms with E-state index in [9.17, 15) is 4.79 Å². The molecule has 0 aliphatic heterocycles. The number of esters is 1. The minimum Gasteiger partial charge on any atom is -0.461 e. The van der Waals surface area contributed by atoms with Crippen molar-refractivity contribution < 1.29 is 9.53 Å². The smallest absolute Gasteiger partial charge is 0.338 e. The molecule has 1 aromatic carbocycles. The molecule has 0 unspecified atom stereocenters. The van der Waals surface area contributed by atoms with Crippen LogP contribution in [0.1, 0.15) is 24.2 Å². The van der Waals surface area contributed by atoms with Crippen molar-refractivity contribution in [2.24, 2.45) is 5.84 Å². The Morgan fingerprint density at radius 2 is 1.84 bits per heavy atom. The first-order chi connectivity index (χ1) is 8.71. The van der Waals surface area contributed by atoms with Gasteiger partial charge in [-0.25, -0.2) is 4.79 Å². The molecule has 0 fully saturated rings. The van der Waals surface area contributed by atoms with Crippen LogP contribution in [0.5, 0.6) is 0 Å². The molecule has 6 heteroatoms. The largest absolute Gasteiger partial charge is 0.461 e. The Labute approximate surface area is 120 Å². The minimum atomic E-state index is -0.300. The highest BCUT2D eigenvalue weighted by Gasteiger charge is 2.07. The van der Waals surface area contributed by atoms with Crippen LogP contribution in [0.3, 0.4) is 0 Å². The van der Waals surface area contributed by atoms with Crippen LogP contribution in [0, 0.1) is 0 Å². The number of benzene rings is 1. The van der Waals surface area contributed by atoms with E-state index in [0.717, 1.165) is 25.3 Å². The van der Waals surface area contributed by atoms with Crippen LogP contribution in [-0.4, -0.2) is 37.1 Å². The summed E-state index contributed by atoms with van der Waals surface area (Å²) in [5, 5.41) is 0. The van der Waals surface area contributed by atoms with E-state index in [1.165, 1.54) is 0 Å². The first-order valence-corrected chi connectivity index (χ1v) is 6.17. The zero-order valence-corrected chi connectivity index (χ0v) is 12.2. The lowest BCUT2D eigenvalue weighted by atomic mass is 10.2. The van der Waals surface area contributed by atoms with Crippen molar-refractivity contribution in [2.45, 2.75) is 13.8 Å². The molecule has 1 rings (SSSR count). The van der Waals surface area contributed by atoms with Gasteiger partial charge in [-0.1, -0.05) is 13.8 Å². The highest BCUT2D eigenvalue weighted by molar-refractivity contribution is 5.89. The lowest BCUT2D eigenvalue weighted by Crippen LogP contribution is -2.27. The second kappa shape index (κ2) is 9.61. The molecular formula is C13H22ClN3O2. The van der Waals surface area contributed by atoms with Gasteiger partial charge in [-0.2, -0.15) is 0 Å². The van der Waals surface area contributed by atoms with E-state index >= 15 is 0 Å². The van der Waals surface area contributed by atoms with E-state index < -0.39 is 0 Å². The highest BCUT2D eigenvalue weighted by atomic mass is 35.5. The summed E-state index contributed by atoms with van der Waals surface area (Å²) in [6.07, 6.45) is 0. The molecule has 0 saturated heterocycles. The van der Waals surface area contributed by atoms with Gasteiger partial charge < -0.3 is 15.1 Å². The molecule has 0 atom stereocenters. The molecule has 0 radical (unpaired) electrons. The molecule has 0 spiro atoms. The molecule has 3 N–H and O–H groups in total. The summed E-state index contributed by atoms with van der Waals surface area (Å²) in [4.78, 5) is 13.9. The predicted octanol–water partition coefficient (Wildman–Crippen LogP) is 1.89. The Bertz CT molecular complexity index is 367. The topological polar surface area (TPSA) is 67.6 Å². The molecule has 0 bridgehead atoms. The first-order valence-electron chi connectivity index (χ1n) is 6.17. The van der Waals surface area contributed by atoms with Crippen LogP contribution in [0.25, 0.3) is 0 Å². The van der Waals surface area contributed by atoms with Crippen molar-refractivity contribution in [3.05, 3.63) is 29.8 Å². The number of nitrogens with two attached hydrogens (primary N) is 1. The summed E-state index contributed by atoms with van der Waals surface area (Å²) in [5.74, 6) is 4.95. The molecule has 0 saturated carbocycles. The van der Waals surface area contributed by atoms with Gasteiger partial charge in [0, 0.05) is 12.2 Å². The summed E-state index contributed by atoms with van der Waals surface area (Å²) in [7, 11) is 0. The molecule has 1 aromatic rings. The number of ether oxygens (including phenoxy) is 1. The predicted molar refractivity (Wildman–Crippen MR) is 79.6 cm³/mol. The maximum absolute atomic E-state index is 11.7. The van der Waals surface area contributed by atoms with Gasteiger partial charge in [0.25, 0.3) is 0 Å².